The summed E-state index contributed by atoms with van der Waals surface area (Å²) in [7, 11) is 1.57. The van der Waals surface area contributed by atoms with Crippen molar-refractivity contribution in [1.29, 1.82) is 0 Å². The number of hydrogen-bond donors (Lipinski definition) is 4. The number of rotatable bonds is 4. The number of aromatic hydroxyl groups is 1. The van der Waals surface area contributed by atoms with Crippen molar-refractivity contribution in [3.8, 4) is 11.5 Å². The topological polar surface area (TPSA) is 99.7 Å². The van der Waals surface area contributed by atoms with Crippen LogP contribution in [0.3, 0.4) is 0 Å². The maximum Gasteiger partial charge on any atom is 0.273 e. The first-order valence-electron chi connectivity index (χ1n) is 7.51. The minimum Gasteiger partial charge on any atom is -0.507 e. The zero-order chi connectivity index (χ0) is 18.9. The predicted octanol–water partition coefficient (Wildman–Crippen LogP) is 1.75. The molecule has 0 aliphatic rings. The van der Waals surface area contributed by atoms with Crippen LogP contribution in [0.4, 0.5) is 0 Å². The Morgan fingerprint density at radius 2 is 1.77 bits per heavy atom. The van der Waals surface area contributed by atoms with E-state index in [1.165, 1.54) is 18.2 Å². The molecule has 0 aromatic heterocycles. The quantitative estimate of drug-likeness (QED) is 0.371. The van der Waals surface area contributed by atoms with Crippen molar-refractivity contribution in [2.24, 2.45) is 0 Å². The van der Waals surface area contributed by atoms with Gasteiger partial charge in [-0.1, -0.05) is 24.3 Å². The molecule has 4 N–H and O–H groups in total. The molecule has 2 aromatic rings. The van der Waals surface area contributed by atoms with Crippen LogP contribution in [0.1, 0.15) is 15.9 Å². The van der Waals surface area contributed by atoms with Crippen LogP contribution in [0.15, 0.2) is 54.6 Å². The number of para-hydroxylation sites is 1. The lowest BCUT2D eigenvalue weighted by Gasteiger charge is -2.10. The van der Waals surface area contributed by atoms with E-state index in [4.69, 9.17) is 17.0 Å². The van der Waals surface area contributed by atoms with Gasteiger partial charge in [0.15, 0.2) is 5.11 Å². The summed E-state index contributed by atoms with van der Waals surface area (Å²) in [4.78, 5) is 23.7. The molecule has 2 rings (SSSR count). The Balaban J connectivity index is 1.81. The number of carbonyl (C=O) groups excluding carboxylic acids is 2. The number of phenolic OH excluding ortho intramolecular Hbond substituents is 1. The second-order valence-electron chi connectivity index (χ2n) is 5.02. The minimum atomic E-state index is -0.589. The number of ether oxygens (including phenoxy) is 1. The Labute approximate surface area is 155 Å². The van der Waals surface area contributed by atoms with Crippen LogP contribution in [0.25, 0.3) is 6.08 Å². The van der Waals surface area contributed by atoms with E-state index in [-0.39, 0.29) is 16.4 Å². The number of amides is 2. The lowest BCUT2D eigenvalue weighted by molar-refractivity contribution is -0.115. The average Bonchev–Trinajstić information content (AvgIpc) is 2.65. The molecule has 2 amide bonds. The van der Waals surface area contributed by atoms with Crippen LogP contribution >= 0.6 is 12.2 Å². The zero-order valence-electron chi connectivity index (χ0n) is 13.9. The van der Waals surface area contributed by atoms with Crippen LogP contribution < -0.4 is 20.9 Å². The molecular weight excluding hydrogens is 354 g/mol. The first kappa shape index (κ1) is 18.9. The summed E-state index contributed by atoms with van der Waals surface area (Å²) in [6, 6.07) is 13.2. The van der Waals surface area contributed by atoms with E-state index in [0.717, 1.165) is 11.3 Å². The molecule has 0 atom stereocenters. The first-order chi connectivity index (χ1) is 12.5. The highest BCUT2D eigenvalue weighted by Gasteiger charge is 2.10. The predicted molar refractivity (Wildman–Crippen MR) is 101 cm³/mol. The number of nitrogens with one attached hydrogen (secondary N) is 3. The number of benzene rings is 2. The molecule has 0 fully saturated rings. The smallest absolute Gasteiger partial charge is 0.273 e. The largest absolute Gasteiger partial charge is 0.507 e. The summed E-state index contributed by atoms with van der Waals surface area (Å²) in [6.07, 6.45) is 2.92. The summed E-state index contributed by atoms with van der Waals surface area (Å²) in [5.41, 5.74) is 5.57. The van der Waals surface area contributed by atoms with Crippen molar-refractivity contribution in [3.63, 3.8) is 0 Å². The van der Waals surface area contributed by atoms with E-state index in [0.29, 0.717) is 0 Å². The van der Waals surface area contributed by atoms with Gasteiger partial charge in [-0.15, -0.1) is 0 Å². The number of hydrogen-bond acceptors (Lipinski definition) is 5. The van der Waals surface area contributed by atoms with Crippen LogP contribution in [-0.2, 0) is 4.79 Å². The van der Waals surface area contributed by atoms with Crippen molar-refractivity contribution >= 4 is 35.2 Å². The summed E-state index contributed by atoms with van der Waals surface area (Å²) in [5, 5.41) is 11.9. The van der Waals surface area contributed by atoms with Crippen molar-refractivity contribution in [1.82, 2.24) is 16.2 Å². The second-order valence-corrected chi connectivity index (χ2v) is 5.43. The van der Waals surface area contributed by atoms with E-state index in [1.807, 2.05) is 0 Å². The molecule has 2 aromatic carbocycles. The first-order valence-corrected chi connectivity index (χ1v) is 7.92. The van der Waals surface area contributed by atoms with E-state index in [1.54, 1.807) is 49.6 Å². The van der Waals surface area contributed by atoms with Gasteiger partial charge in [-0.2, -0.15) is 0 Å². The van der Waals surface area contributed by atoms with Gasteiger partial charge < -0.3 is 9.84 Å². The van der Waals surface area contributed by atoms with Gasteiger partial charge in [-0.05, 0) is 48.1 Å². The number of hydrazine groups is 1. The highest BCUT2D eigenvalue weighted by atomic mass is 32.1. The molecule has 0 heterocycles. The second kappa shape index (κ2) is 9.19. The number of methoxy groups -OCH3 is 1. The van der Waals surface area contributed by atoms with Gasteiger partial charge in [0.1, 0.15) is 11.5 Å². The molecule has 134 valence electrons. The van der Waals surface area contributed by atoms with E-state index >= 15 is 0 Å². The lowest BCUT2D eigenvalue weighted by atomic mass is 10.2. The Bertz CT molecular complexity index is 835. The van der Waals surface area contributed by atoms with E-state index < -0.39 is 11.8 Å². The van der Waals surface area contributed by atoms with Crippen LogP contribution in [0.5, 0.6) is 11.5 Å². The molecule has 7 nitrogen and oxygen atoms in total. The number of phenols is 1. The van der Waals surface area contributed by atoms with Crippen molar-refractivity contribution in [3.05, 3.63) is 65.7 Å². The number of carbonyl (C=O) groups is 2. The molecule has 0 saturated heterocycles. The highest BCUT2D eigenvalue weighted by Crippen LogP contribution is 2.14. The fraction of sp³-hybridized carbons (Fsp3) is 0.0556. The Morgan fingerprint density at radius 1 is 1.08 bits per heavy atom. The summed E-state index contributed by atoms with van der Waals surface area (Å²) in [5.74, 6) is -0.495. The fourth-order valence-corrected chi connectivity index (χ4v) is 2.07. The van der Waals surface area contributed by atoms with Gasteiger partial charge in [0.05, 0.1) is 12.7 Å². The maximum atomic E-state index is 11.9. The zero-order valence-corrected chi connectivity index (χ0v) is 14.7. The molecule has 26 heavy (non-hydrogen) atoms. The van der Waals surface area contributed by atoms with Crippen molar-refractivity contribution in [2.75, 3.05) is 7.11 Å². The summed E-state index contributed by atoms with van der Waals surface area (Å²) in [6.45, 7) is 0. The monoisotopic (exact) mass is 371 g/mol. The Hall–Kier alpha value is -3.39. The van der Waals surface area contributed by atoms with E-state index in [9.17, 15) is 14.7 Å². The van der Waals surface area contributed by atoms with Crippen LogP contribution in [0.2, 0.25) is 0 Å². The molecule has 0 bridgehead atoms. The molecule has 0 saturated carbocycles. The summed E-state index contributed by atoms with van der Waals surface area (Å²) >= 11 is 4.92. The van der Waals surface area contributed by atoms with Gasteiger partial charge in [-0.3, -0.25) is 25.8 Å². The lowest BCUT2D eigenvalue weighted by Crippen LogP contribution is -2.48. The molecule has 0 radical (unpaired) electrons. The van der Waals surface area contributed by atoms with E-state index in [2.05, 4.69) is 16.2 Å². The fourth-order valence-electron chi connectivity index (χ4n) is 1.92. The molecule has 0 aliphatic heterocycles. The molecule has 0 spiro atoms. The third kappa shape index (κ3) is 5.60. The van der Waals surface area contributed by atoms with Gasteiger partial charge in [0.25, 0.3) is 5.91 Å². The maximum absolute atomic E-state index is 11.9. The van der Waals surface area contributed by atoms with Crippen LogP contribution in [0, 0.1) is 0 Å². The van der Waals surface area contributed by atoms with Crippen LogP contribution in [-0.4, -0.2) is 29.1 Å². The third-order valence-corrected chi connectivity index (χ3v) is 3.42. The van der Waals surface area contributed by atoms with Gasteiger partial charge in [0.2, 0.25) is 5.91 Å². The average molecular weight is 371 g/mol. The standard InChI is InChI=1S/C18H17N3O4S/c1-25-13-9-6-12(7-10-13)8-11-16(23)19-18(26)21-20-17(24)14-4-2-3-5-15(14)22/h2-11,22H,1H3,(H,20,24)(H2,19,21,23,26). The minimum absolute atomic E-state index is 0.0773. The highest BCUT2D eigenvalue weighted by molar-refractivity contribution is 7.80. The SMILES string of the molecule is COc1ccc(C=CC(=O)NC(=S)NNC(=O)c2ccccc2O)cc1. The number of thiocarbonyl (C=S) groups is 1. The van der Waals surface area contributed by atoms with Crippen molar-refractivity contribution in [2.45, 2.75) is 0 Å². The molecule has 8 heteroatoms. The molecule has 0 aliphatic carbocycles. The third-order valence-electron chi connectivity index (χ3n) is 3.22. The van der Waals surface area contributed by atoms with Crippen molar-refractivity contribution < 1.29 is 19.4 Å². The Morgan fingerprint density at radius 3 is 2.42 bits per heavy atom. The van der Waals surface area contributed by atoms with Gasteiger partial charge >= 0.3 is 0 Å². The van der Waals surface area contributed by atoms with Gasteiger partial charge in [0, 0.05) is 6.08 Å². The molecule has 0 unspecified atom stereocenters. The summed E-state index contributed by atoms with van der Waals surface area (Å²) < 4.78 is 5.05. The normalized spacial score (nSPS) is 10.2. The Kier molecular flexibility index (Phi) is 6.69. The molecular formula is C18H17N3O4S. The van der Waals surface area contributed by atoms with Gasteiger partial charge in [-0.25, -0.2) is 0 Å².